The number of hydrogen-bond donors (Lipinski definition) is 0. The van der Waals surface area contributed by atoms with Gasteiger partial charge in [0.15, 0.2) is 23.6 Å². The van der Waals surface area contributed by atoms with Crippen molar-refractivity contribution in [3.05, 3.63) is 63.2 Å². The average Bonchev–Trinajstić information content (AvgIpc) is 2.59. The van der Waals surface area contributed by atoms with Crippen LogP contribution in [-0.4, -0.2) is 31.2 Å². The topological polar surface area (TPSA) is 95.7 Å². The van der Waals surface area contributed by atoms with Crippen LogP contribution in [-0.2, 0) is 0 Å². The van der Waals surface area contributed by atoms with Crippen LogP contribution >= 0.6 is 0 Å². The molecule has 0 heterocycles. The van der Waals surface area contributed by atoms with Gasteiger partial charge in [0.05, 0.1) is 19.1 Å². The molecule has 0 bridgehead atoms. The lowest BCUT2D eigenvalue weighted by molar-refractivity contribution is -0.384. The molecule has 0 saturated carbocycles. The Balaban J connectivity index is 2.53. The Hall–Kier alpha value is -3.22. The fourth-order valence-corrected chi connectivity index (χ4v) is 2.09. The second-order valence-corrected chi connectivity index (χ2v) is 4.55. The minimum atomic E-state index is -0.625. The van der Waals surface area contributed by atoms with Crippen molar-refractivity contribution in [3.63, 3.8) is 0 Å². The van der Waals surface area contributed by atoms with E-state index in [-0.39, 0.29) is 22.4 Å². The Morgan fingerprint density at radius 1 is 1.09 bits per heavy atom. The second kappa shape index (κ2) is 6.69. The van der Waals surface area contributed by atoms with Gasteiger partial charge in [0.1, 0.15) is 0 Å². The summed E-state index contributed by atoms with van der Waals surface area (Å²) in [6, 6.07) is 8.01. The number of hydrogen-bond acceptors (Lipinski definition) is 6. The van der Waals surface area contributed by atoms with Crippen LogP contribution < -0.4 is 9.47 Å². The van der Waals surface area contributed by atoms with Gasteiger partial charge in [-0.2, -0.15) is 0 Å². The standard InChI is InChI=1S/C16H13NO6/c1-22-14-6-4-10(7-15(14)23-2)16(19)13-8-12(17(20)21)5-3-11(13)9-18/h3-9H,1-2H3. The molecule has 0 aliphatic heterocycles. The van der Waals surface area contributed by atoms with Gasteiger partial charge in [-0.3, -0.25) is 19.7 Å². The molecule has 0 aliphatic rings. The molecule has 0 aliphatic carbocycles. The van der Waals surface area contributed by atoms with Crippen LogP contribution in [0.3, 0.4) is 0 Å². The first-order valence-corrected chi connectivity index (χ1v) is 6.52. The largest absolute Gasteiger partial charge is 0.493 e. The number of rotatable bonds is 6. The van der Waals surface area contributed by atoms with Gasteiger partial charge in [-0.05, 0) is 24.3 Å². The van der Waals surface area contributed by atoms with E-state index in [1.54, 1.807) is 6.07 Å². The van der Waals surface area contributed by atoms with Gasteiger partial charge in [0, 0.05) is 28.8 Å². The highest BCUT2D eigenvalue weighted by Crippen LogP contribution is 2.29. The number of ether oxygens (including phenoxy) is 2. The van der Waals surface area contributed by atoms with Crippen molar-refractivity contribution in [2.75, 3.05) is 14.2 Å². The van der Waals surface area contributed by atoms with Crippen LogP contribution in [0.2, 0.25) is 0 Å². The van der Waals surface area contributed by atoms with E-state index in [2.05, 4.69) is 0 Å². The summed E-state index contributed by atoms with van der Waals surface area (Å²) in [4.78, 5) is 33.9. The number of ketones is 1. The van der Waals surface area contributed by atoms with Gasteiger partial charge in [0.2, 0.25) is 0 Å². The quantitative estimate of drug-likeness (QED) is 0.352. The Bertz CT molecular complexity index is 784. The molecule has 23 heavy (non-hydrogen) atoms. The van der Waals surface area contributed by atoms with Crippen molar-refractivity contribution in [3.8, 4) is 11.5 Å². The number of non-ortho nitro benzene ring substituents is 1. The lowest BCUT2D eigenvalue weighted by atomic mass is 9.98. The number of nitro benzene ring substituents is 1. The predicted octanol–water partition coefficient (Wildman–Crippen LogP) is 2.66. The highest BCUT2D eigenvalue weighted by Gasteiger charge is 2.19. The highest BCUT2D eigenvalue weighted by atomic mass is 16.6. The molecular formula is C16H13NO6. The molecule has 0 spiro atoms. The zero-order chi connectivity index (χ0) is 17.0. The normalized spacial score (nSPS) is 10.0. The maximum atomic E-state index is 12.6. The molecule has 7 nitrogen and oxygen atoms in total. The number of aldehydes is 1. The fourth-order valence-electron chi connectivity index (χ4n) is 2.09. The number of methoxy groups -OCH3 is 2. The van der Waals surface area contributed by atoms with Crippen LogP contribution in [0.1, 0.15) is 26.3 Å². The van der Waals surface area contributed by atoms with Crippen molar-refractivity contribution in [2.24, 2.45) is 0 Å². The second-order valence-electron chi connectivity index (χ2n) is 4.55. The maximum absolute atomic E-state index is 12.6. The van der Waals surface area contributed by atoms with E-state index in [0.717, 1.165) is 6.07 Å². The number of nitrogens with zero attached hydrogens (tertiary/aromatic N) is 1. The summed E-state index contributed by atoms with van der Waals surface area (Å²) in [6.07, 6.45) is 0.484. The van der Waals surface area contributed by atoms with Gasteiger partial charge in [-0.25, -0.2) is 0 Å². The Kier molecular flexibility index (Phi) is 4.70. The lowest BCUT2D eigenvalue weighted by Crippen LogP contribution is -2.07. The molecule has 2 aromatic carbocycles. The van der Waals surface area contributed by atoms with E-state index in [1.807, 2.05) is 0 Å². The molecule has 118 valence electrons. The van der Waals surface area contributed by atoms with Crippen LogP contribution in [0.5, 0.6) is 11.5 Å². The molecule has 2 rings (SSSR count). The van der Waals surface area contributed by atoms with E-state index in [1.165, 1.54) is 38.5 Å². The zero-order valence-electron chi connectivity index (χ0n) is 12.4. The SMILES string of the molecule is COc1ccc(C(=O)c2cc([N+](=O)[O-])ccc2C=O)cc1OC. The van der Waals surface area contributed by atoms with Crippen LogP contribution in [0, 0.1) is 10.1 Å². The van der Waals surface area contributed by atoms with Gasteiger partial charge in [-0.1, -0.05) is 0 Å². The molecule has 0 atom stereocenters. The molecule has 0 saturated heterocycles. The van der Waals surface area contributed by atoms with Crippen molar-refractivity contribution in [1.82, 2.24) is 0 Å². The fraction of sp³-hybridized carbons (Fsp3) is 0.125. The van der Waals surface area contributed by atoms with Gasteiger partial charge < -0.3 is 9.47 Å². The van der Waals surface area contributed by atoms with Crippen molar-refractivity contribution in [1.29, 1.82) is 0 Å². The minimum Gasteiger partial charge on any atom is -0.493 e. The van der Waals surface area contributed by atoms with Crippen LogP contribution in [0.25, 0.3) is 0 Å². The number of nitro groups is 1. The number of carbonyl (C=O) groups excluding carboxylic acids is 2. The van der Waals surface area contributed by atoms with Crippen molar-refractivity contribution < 1.29 is 24.0 Å². The first-order chi connectivity index (χ1) is 11.0. The predicted molar refractivity (Wildman–Crippen MR) is 81.5 cm³/mol. The van der Waals surface area contributed by atoms with Gasteiger partial charge >= 0.3 is 0 Å². The monoisotopic (exact) mass is 315 g/mol. The van der Waals surface area contributed by atoms with Gasteiger partial charge in [-0.15, -0.1) is 0 Å². The van der Waals surface area contributed by atoms with Crippen LogP contribution in [0.4, 0.5) is 5.69 Å². The molecule has 0 fully saturated rings. The lowest BCUT2D eigenvalue weighted by Gasteiger charge is -2.10. The Morgan fingerprint density at radius 3 is 2.35 bits per heavy atom. The molecule has 0 aromatic heterocycles. The summed E-state index contributed by atoms with van der Waals surface area (Å²) >= 11 is 0. The molecular weight excluding hydrogens is 302 g/mol. The smallest absolute Gasteiger partial charge is 0.270 e. The third-order valence-corrected chi connectivity index (χ3v) is 3.27. The molecule has 2 aromatic rings. The highest BCUT2D eigenvalue weighted by molar-refractivity contribution is 6.13. The molecule has 0 radical (unpaired) electrons. The summed E-state index contributed by atoms with van der Waals surface area (Å²) < 4.78 is 10.2. The third-order valence-electron chi connectivity index (χ3n) is 3.27. The average molecular weight is 315 g/mol. The van der Waals surface area contributed by atoms with Crippen molar-refractivity contribution in [2.45, 2.75) is 0 Å². The molecule has 7 heteroatoms. The summed E-state index contributed by atoms with van der Waals surface area (Å²) in [5.41, 5.74) is 0.00230. The van der Waals surface area contributed by atoms with Crippen LogP contribution in [0.15, 0.2) is 36.4 Å². The minimum absolute atomic E-state index is 0.0404. The first-order valence-electron chi connectivity index (χ1n) is 6.52. The summed E-state index contributed by atoms with van der Waals surface area (Å²) in [5, 5.41) is 10.9. The maximum Gasteiger partial charge on any atom is 0.270 e. The Labute approximate surface area is 131 Å². The van der Waals surface area contributed by atoms with E-state index < -0.39 is 10.7 Å². The molecule has 0 N–H and O–H groups in total. The van der Waals surface area contributed by atoms with E-state index >= 15 is 0 Å². The molecule has 0 amide bonds. The summed E-state index contributed by atoms with van der Waals surface area (Å²) in [5.74, 6) is 0.270. The summed E-state index contributed by atoms with van der Waals surface area (Å²) in [7, 11) is 2.89. The van der Waals surface area contributed by atoms with Crippen molar-refractivity contribution >= 4 is 17.8 Å². The van der Waals surface area contributed by atoms with E-state index in [4.69, 9.17) is 9.47 Å². The number of carbonyl (C=O) groups is 2. The zero-order valence-corrected chi connectivity index (χ0v) is 12.4. The van der Waals surface area contributed by atoms with Gasteiger partial charge in [0.25, 0.3) is 5.69 Å². The molecule has 0 unspecified atom stereocenters. The number of benzene rings is 2. The third kappa shape index (κ3) is 3.18. The van der Waals surface area contributed by atoms with E-state index in [9.17, 15) is 19.7 Å². The van der Waals surface area contributed by atoms with E-state index in [0.29, 0.717) is 17.8 Å². The summed E-state index contributed by atoms with van der Waals surface area (Å²) in [6.45, 7) is 0. The first kappa shape index (κ1) is 16.2. The Morgan fingerprint density at radius 2 is 1.78 bits per heavy atom.